The minimum Gasteiger partial charge on any atom is -0.393 e. The van der Waals surface area contributed by atoms with Crippen molar-refractivity contribution < 1.29 is 9.31 Å². The summed E-state index contributed by atoms with van der Waals surface area (Å²) in [5.74, 6) is -0.613. The van der Waals surface area contributed by atoms with Crippen molar-refractivity contribution in [3.8, 4) is 0 Å². The second-order valence-corrected chi connectivity index (χ2v) is 2.36. The maximum absolute atomic E-state index is 12.9. The molecular weight excluding hydrogens is 175 g/mol. The third kappa shape index (κ3) is 1.48. The number of halogens is 1. The molecule has 0 aliphatic carbocycles. The van der Waals surface area contributed by atoms with Crippen molar-refractivity contribution in [2.45, 2.75) is 0 Å². The van der Waals surface area contributed by atoms with Crippen LogP contribution in [0.2, 0.25) is 0 Å². The molecule has 1 aromatic rings. The Labute approximate surface area is 73.6 Å². The molecule has 0 amide bonds. The van der Waals surface area contributed by atoms with E-state index < -0.39 is 10.7 Å². The third-order valence-corrected chi connectivity index (χ3v) is 1.61. The number of nitro groups is 1. The summed E-state index contributed by atoms with van der Waals surface area (Å²) >= 11 is 0. The summed E-state index contributed by atoms with van der Waals surface area (Å²) < 4.78 is 12.9. The van der Waals surface area contributed by atoms with Crippen LogP contribution in [-0.2, 0) is 0 Å². The molecule has 0 aliphatic rings. The molecule has 1 rings (SSSR count). The van der Waals surface area contributed by atoms with Crippen molar-refractivity contribution in [2.24, 2.45) is 0 Å². The highest BCUT2D eigenvalue weighted by atomic mass is 19.1. The zero-order chi connectivity index (χ0) is 10.0. The van der Waals surface area contributed by atoms with Gasteiger partial charge in [0.2, 0.25) is 0 Å². The first-order valence-corrected chi connectivity index (χ1v) is 3.42. The van der Waals surface area contributed by atoms with E-state index in [9.17, 15) is 14.5 Å². The van der Waals surface area contributed by atoms with Crippen molar-refractivity contribution in [1.29, 1.82) is 0 Å². The molecular formula is C8H7FN2O2. The second-order valence-electron chi connectivity index (χ2n) is 2.36. The zero-order valence-corrected chi connectivity index (χ0v) is 6.66. The number of nitro benzene ring substituents is 1. The molecule has 5 heteroatoms. The average Bonchev–Trinajstić information content (AvgIpc) is 2.04. The van der Waals surface area contributed by atoms with E-state index in [2.05, 4.69) is 6.58 Å². The molecule has 0 saturated heterocycles. The largest absolute Gasteiger partial charge is 0.393 e. The SMILES string of the molecule is C=Cc1c(F)ccc([N+](=O)[O-])c1N. The summed E-state index contributed by atoms with van der Waals surface area (Å²) in [6.07, 6.45) is 1.15. The Bertz CT molecular complexity index is 377. The van der Waals surface area contributed by atoms with Gasteiger partial charge in [-0.15, -0.1) is 0 Å². The Balaban J connectivity index is 3.44. The summed E-state index contributed by atoms with van der Waals surface area (Å²) in [5.41, 5.74) is 4.81. The summed E-state index contributed by atoms with van der Waals surface area (Å²) in [6.45, 7) is 3.31. The van der Waals surface area contributed by atoms with Gasteiger partial charge < -0.3 is 5.73 Å². The van der Waals surface area contributed by atoms with Crippen LogP contribution in [0.4, 0.5) is 15.8 Å². The molecule has 2 N–H and O–H groups in total. The predicted molar refractivity (Wildman–Crippen MR) is 47.6 cm³/mol. The average molecular weight is 182 g/mol. The Morgan fingerprint density at radius 2 is 2.23 bits per heavy atom. The predicted octanol–water partition coefficient (Wildman–Crippen LogP) is 1.96. The smallest absolute Gasteiger partial charge is 0.292 e. The van der Waals surface area contributed by atoms with Crippen molar-refractivity contribution in [1.82, 2.24) is 0 Å². The normalized spacial score (nSPS) is 9.62. The highest BCUT2D eigenvalue weighted by Crippen LogP contribution is 2.27. The van der Waals surface area contributed by atoms with Gasteiger partial charge in [-0.3, -0.25) is 10.1 Å². The number of rotatable bonds is 2. The molecule has 0 heterocycles. The minimum absolute atomic E-state index is 0.0331. The van der Waals surface area contributed by atoms with E-state index in [4.69, 9.17) is 5.73 Å². The summed E-state index contributed by atoms with van der Waals surface area (Å²) in [7, 11) is 0. The summed E-state index contributed by atoms with van der Waals surface area (Å²) in [5, 5.41) is 10.4. The van der Waals surface area contributed by atoms with Gasteiger partial charge in [-0.2, -0.15) is 0 Å². The van der Waals surface area contributed by atoms with Crippen LogP contribution in [0.5, 0.6) is 0 Å². The number of nitrogen functional groups attached to an aromatic ring is 1. The third-order valence-electron chi connectivity index (χ3n) is 1.61. The monoisotopic (exact) mass is 182 g/mol. The van der Waals surface area contributed by atoms with Gasteiger partial charge in [-0.05, 0) is 6.07 Å². The Hall–Kier alpha value is -1.91. The molecule has 0 atom stereocenters. The number of nitrogens with two attached hydrogens (primary N) is 1. The Morgan fingerprint density at radius 1 is 1.62 bits per heavy atom. The molecule has 0 aromatic heterocycles. The van der Waals surface area contributed by atoms with Gasteiger partial charge in [-0.25, -0.2) is 4.39 Å². The highest BCUT2D eigenvalue weighted by Gasteiger charge is 2.16. The summed E-state index contributed by atoms with van der Waals surface area (Å²) in [4.78, 5) is 9.71. The van der Waals surface area contributed by atoms with E-state index in [-0.39, 0.29) is 16.9 Å². The topological polar surface area (TPSA) is 69.2 Å². The van der Waals surface area contributed by atoms with Crippen LogP contribution >= 0.6 is 0 Å². The fourth-order valence-corrected chi connectivity index (χ4v) is 0.965. The van der Waals surface area contributed by atoms with Gasteiger partial charge >= 0.3 is 0 Å². The lowest BCUT2D eigenvalue weighted by Crippen LogP contribution is -1.99. The molecule has 68 valence electrons. The lowest BCUT2D eigenvalue weighted by molar-refractivity contribution is -0.383. The highest BCUT2D eigenvalue weighted by molar-refractivity contribution is 5.72. The van der Waals surface area contributed by atoms with Gasteiger partial charge in [0.25, 0.3) is 5.69 Å². The molecule has 4 nitrogen and oxygen atoms in total. The maximum atomic E-state index is 12.9. The number of hydrogen-bond acceptors (Lipinski definition) is 3. The first-order chi connectivity index (χ1) is 6.07. The van der Waals surface area contributed by atoms with Crippen LogP contribution < -0.4 is 5.73 Å². The van der Waals surface area contributed by atoms with E-state index in [0.717, 1.165) is 18.2 Å². The first-order valence-electron chi connectivity index (χ1n) is 3.42. The summed E-state index contributed by atoms with van der Waals surface area (Å²) in [6, 6.07) is 2.02. The molecule has 0 bridgehead atoms. The van der Waals surface area contributed by atoms with E-state index in [1.807, 2.05) is 0 Å². The van der Waals surface area contributed by atoms with Crippen LogP contribution in [0.25, 0.3) is 6.08 Å². The zero-order valence-electron chi connectivity index (χ0n) is 6.66. The van der Waals surface area contributed by atoms with Crippen LogP contribution in [0.15, 0.2) is 18.7 Å². The second kappa shape index (κ2) is 3.22. The van der Waals surface area contributed by atoms with Crippen LogP contribution in [0.1, 0.15) is 5.56 Å². The quantitative estimate of drug-likeness (QED) is 0.431. The number of anilines is 1. The number of benzene rings is 1. The fourth-order valence-electron chi connectivity index (χ4n) is 0.965. The van der Waals surface area contributed by atoms with E-state index in [1.165, 1.54) is 0 Å². The first kappa shape index (κ1) is 9.18. The molecule has 0 saturated carbocycles. The molecule has 13 heavy (non-hydrogen) atoms. The molecule has 0 radical (unpaired) electrons. The van der Waals surface area contributed by atoms with Gasteiger partial charge in [0.15, 0.2) is 0 Å². The van der Waals surface area contributed by atoms with E-state index >= 15 is 0 Å². The lowest BCUT2D eigenvalue weighted by atomic mass is 10.1. The van der Waals surface area contributed by atoms with Crippen LogP contribution in [-0.4, -0.2) is 4.92 Å². The van der Waals surface area contributed by atoms with Gasteiger partial charge in [0.1, 0.15) is 11.5 Å². The van der Waals surface area contributed by atoms with Crippen molar-refractivity contribution in [3.63, 3.8) is 0 Å². The van der Waals surface area contributed by atoms with Crippen LogP contribution in [0, 0.1) is 15.9 Å². The van der Waals surface area contributed by atoms with Gasteiger partial charge in [0, 0.05) is 11.6 Å². The molecule has 0 unspecified atom stereocenters. The van der Waals surface area contributed by atoms with Crippen LogP contribution in [0.3, 0.4) is 0 Å². The van der Waals surface area contributed by atoms with E-state index in [1.54, 1.807) is 0 Å². The molecule has 0 aliphatic heterocycles. The maximum Gasteiger partial charge on any atom is 0.292 e. The van der Waals surface area contributed by atoms with Crippen molar-refractivity contribution >= 4 is 17.5 Å². The molecule has 0 spiro atoms. The fraction of sp³-hybridized carbons (Fsp3) is 0. The number of hydrogen-bond donors (Lipinski definition) is 1. The van der Waals surface area contributed by atoms with Gasteiger partial charge in [0.05, 0.1) is 4.92 Å². The minimum atomic E-state index is -0.665. The lowest BCUT2D eigenvalue weighted by Gasteiger charge is -2.01. The Kier molecular flexibility index (Phi) is 2.27. The Morgan fingerprint density at radius 3 is 2.69 bits per heavy atom. The van der Waals surface area contributed by atoms with E-state index in [0.29, 0.717) is 0 Å². The standard InChI is InChI=1S/C8H7FN2O2/c1-2-5-6(9)3-4-7(8(5)10)11(12)13/h2-4H,1,10H2. The van der Waals surface area contributed by atoms with Crippen molar-refractivity contribution in [3.05, 3.63) is 40.2 Å². The number of nitrogens with zero attached hydrogens (tertiary/aromatic N) is 1. The van der Waals surface area contributed by atoms with Crippen molar-refractivity contribution in [2.75, 3.05) is 5.73 Å². The van der Waals surface area contributed by atoms with Gasteiger partial charge in [-0.1, -0.05) is 12.7 Å². The molecule has 0 fully saturated rings. The molecule has 1 aromatic carbocycles.